The van der Waals surface area contributed by atoms with Crippen molar-refractivity contribution < 1.29 is 18.8 Å². The molecule has 0 aliphatic carbocycles. The van der Waals surface area contributed by atoms with Crippen molar-refractivity contribution in [2.24, 2.45) is 0 Å². The summed E-state index contributed by atoms with van der Waals surface area (Å²) in [7, 11) is 0. The van der Waals surface area contributed by atoms with Crippen molar-refractivity contribution in [3.8, 4) is 0 Å². The highest BCUT2D eigenvalue weighted by atomic mass is 35.5. The Morgan fingerprint density at radius 3 is 2.65 bits per heavy atom. The van der Waals surface area contributed by atoms with Crippen molar-refractivity contribution in [1.29, 1.82) is 0 Å². The van der Waals surface area contributed by atoms with Gasteiger partial charge in [0.2, 0.25) is 5.76 Å². The molecule has 6 nitrogen and oxygen atoms in total. The molecule has 1 atom stereocenters. The summed E-state index contributed by atoms with van der Waals surface area (Å²) < 4.78 is 9.60. The predicted octanol–water partition coefficient (Wildman–Crippen LogP) is 3.32. The molecular formula is C15H14Cl2N2O4. The van der Waals surface area contributed by atoms with E-state index in [0.29, 0.717) is 15.7 Å². The number of esters is 1. The number of hydrogen-bond donors (Lipinski definition) is 1. The normalized spacial score (nSPS) is 11.8. The van der Waals surface area contributed by atoms with Gasteiger partial charge in [-0.05, 0) is 31.5 Å². The molecule has 0 radical (unpaired) electrons. The van der Waals surface area contributed by atoms with Crippen molar-refractivity contribution in [3.63, 3.8) is 0 Å². The van der Waals surface area contributed by atoms with Crippen LogP contribution in [0.1, 0.15) is 34.8 Å². The van der Waals surface area contributed by atoms with E-state index in [-0.39, 0.29) is 11.8 Å². The highest BCUT2D eigenvalue weighted by molar-refractivity contribution is 6.42. The van der Waals surface area contributed by atoms with E-state index in [9.17, 15) is 9.59 Å². The smallest absolute Gasteiger partial charge is 0.377 e. The molecule has 0 spiro atoms. The minimum absolute atomic E-state index is 0.0483. The summed E-state index contributed by atoms with van der Waals surface area (Å²) in [5, 5.41) is 7.10. The lowest BCUT2D eigenvalue weighted by Crippen LogP contribution is -2.31. The van der Waals surface area contributed by atoms with Crippen LogP contribution in [-0.4, -0.2) is 23.6 Å². The highest BCUT2D eigenvalue weighted by Crippen LogP contribution is 2.25. The fourth-order valence-electron chi connectivity index (χ4n) is 1.81. The molecule has 0 fully saturated rings. The Hall–Kier alpha value is -2.05. The van der Waals surface area contributed by atoms with Gasteiger partial charge in [0.25, 0.3) is 5.91 Å². The Labute approximate surface area is 142 Å². The maximum absolute atomic E-state index is 11.8. The number of halogens is 2. The molecule has 0 saturated carbocycles. The van der Waals surface area contributed by atoms with Crippen LogP contribution < -0.4 is 5.32 Å². The fraction of sp³-hybridized carbons (Fsp3) is 0.267. The van der Waals surface area contributed by atoms with Crippen molar-refractivity contribution in [1.82, 2.24) is 10.5 Å². The number of nitrogens with one attached hydrogen (secondary N) is 1. The van der Waals surface area contributed by atoms with Crippen molar-refractivity contribution in [3.05, 3.63) is 51.3 Å². The standard InChI is InChI=1S/C15H14Cl2N2O4/c1-8-5-13(23-19-8)15(21)22-7-14(20)18-9(2)10-3-4-11(16)12(17)6-10/h3-6,9H,7H2,1-2H3,(H,18,20). The molecule has 1 N–H and O–H groups in total. The van der Waals surface area contributed by atoms with E-state index in [1.54, 1.807) is 32.0 Å². The average molecular weight is 357 g/mol. The summed E-state index contributed by atoms with van der Waals surface area (Å²) in [6.45, 7) is 3.02. The fourth-order valence-corrected chi connectivity index (χ4v) is 2.12. The van der Waals surface area contributed by atoms with Crippen molar-refractivity contribution >= 4 is 35.1 Å². The van der Waals surface area contributed by atoms with E-state index < -0.39 is 18.5 Å². The minimum atomic E-state index is -0.747. The molecule has 2 rings (SSSR count). The van der Waals surface area contributed by atoms with Crippen LogP contribution in [0.25, 0.3) is 0 Å². The summed E-state index contributed by atoms with van der Waals surface area (Å²) in [5.74, 6) is -1.25. The number of carbonyl (C=O) groups excluding carboxylic acids is 2. The molecule has 23 heavy (non-hydrogen) atoms. The lowest BCUT2D eigenvalue weighted by molar-refractivity contribution is -0.124. The Morgan fingerprint density at radius 1 is 1.30 bits per heavy atom. The molecule has 0 saturated heterocycles. The molecule has 122 valence electrons. The molecular weight excluding hydrogens is 343 g/mol. The average Bonchev–Trinajstić information content (AvgIpc) is 2.94. The van der Waals surface area contributed by atoms with E-state index in [1.165, 1.54) is 6.07 Å². The van der Waals surface area contributed by atoms with Crippen molar-refractivity contribution in [2.75, 3.05) is 6.61 Å². The second-order valence-corrected chi connectivity index (χ2v) is 5.69. The van der Waals surface area contributed by atoms with Gasteiger partial charge < -0.3 is 14.6 Å². The summed E-state index contributed by atoms with van der Waals surface area (Å²) in [4.78, 5) is 23.5. The highest BCUT2D eigenvalue weighted by Gasteiger charge is 2.16. The molecule has 2 aromatic rings. The molecule has 1 unspecified atom stereocenters. The van der Waals surface area contributed by atoms with Crippen LogP contribution in [0.2, 0.25) is 10.0 Å². The molecule has 0 bridgehead atoms. The Kier molecular flexibility index (Phi) is 5.63. The first kappa shape index (κ1) is 17.3. The number of carbonyl (C=O) groups is 2. The number of aromatic nitrogens is 1. The summed E-state index contributed by atoms with van der Waals surface area (Å²) in [6.07, 6.45) is 0. The first-order valence-electron chi connectivity index (χ1n) is 6.71. The first-order valence-corrected chi connectivity index (χ1v) is 7.47. The van der Waals surface area contributed by atoms with Gasteiger partial charge in [-0.1, -0.05) is 34.4 Å². The lowest BCUT2D eigenvalue weighted by atomic mass is 10.1. The largest absolute Gasteiger partial charge is 0.450 e. The number of ether oxygens (including phenoxy) is 1. The molecule has 0 aliphatic rings. The number of amides is 1. The summed E-state index contributed by atoms with van der Waals surface area (Å²) >= 11 is 11.8. The maximum atomic E-state index is 11.8. The van der Waals surface area contributed by atoms with Crippen LogP contribution in [0.5, 0.6) is 0 Å². The SMILES string of the molecule is Cc1cc(C(=O)OCC(=O)NC(C)c2ccc(Cl)c(Cl)c2)on1. The van der Waals surface area contributed by atoms with E-state index in [2.05, 4.69) is 10.5 Å². The van der Waals surface area contributed by atoms with Gasteiger partial charge in [-0.3, -0.25) is 4.79 Å². The zero-order valence-corrected chi connectivity index (χ0v) is 13.9. The Balaban J connectivity index is 1.86. The van der Waals surface area contributed by atoms with Gasteiger partial charge in [0.05, 0.1) is 21.8 Å². The van der Waals surface area contributed by atoms with Gasteiger partial charge in [-0.15, -0.1) is 0 Å². The Bertz CT molecular complexity index is 730. The van der Waals surface area contributed by atoms with Gasteiger partial charge in [0.15, 0.2) is 6.61 Å². The molecule has 1 aromatic carbocycles. The van der Waals surface area contributed by atoms with Gasteiger partial charge in [0, 0.05) is 6.07 Å². The van der Waals surface area contributed by atoms with Crippen molar-refractivity contribution in [2.45, 2.75) is 19.9 Å². The zero-order chi connectivity index (χ0) is 17.0. The number of rotatable bonds is 5. The molecule has 0 aliphatic heterocycles. The van der Waals surface area contributed by atoms with Gasteiger partial charge in [-0.25, -0.2) is 4.79 Å². The third-order valence-corrected chi connectivity index (χ3v) is 3.72. The van der Waals surface area contributed by atoms with E-state index in [4.69, 9.17) is 32.5 Å². The molecule has 1 heterocycles. The van der Waals surface area contributed by atoms with Crippen LogP contribution in [0.15, 0.2) is 28.8 Å². The van der Waals surface area contributed by atoms with Crippen LogP contribution in [-0.2, 0) is 9.53 Å². The monoisotopic (exact) mass is 356 g/mol. The zero-order valence-electron chi connectivity index (χ0n) is 12.4. The third kappa shape index (κ3) is 4.71. The second-order valence-electron chi connectivity index (χ2n) is 4.87. The summed E-state index contributed by atoms with van der Waals surface area (Å²) in [5.41, 5.74) is 1.33. The first-order chi connectivity index (χ1) is 10.9. The third-order valence-electron chi connectivity index (χ3n) is 2.98. The van der Waals surface area contributed by atoms with Gasteiger partial charge in [0.1, 0.15) is 0 Å². The predicted molar refractivity (Wildman–Crippen MR) is 84.5 cm³/mol. The molecule has 8 heteroatoms. The minimum Gasteiger partial charge on any atom is -0.450 e. The number of benzene rings is 1. The van der Waals surface area contributed by atoms with E-state index in [1.807, 2.05) is 0 Å². The Morgan fingerprint density at radius 2 is 2.04 bits per heavy atom. The van der Waals surface area contributed by atoms with Crippen LogP contribution >= 0.6 is 23.2 Å². The number of aryl methyl sites for hydroxylation is 1. The van der Waals surface area contributed by atoms with E-state index >= 15 is 0 Å². The number of hydrogen-bond acceptors (Lipinski definition) is 5. The van der Waals surface area contributed by atoms with E-state index in [0.717, 1.165) is 5.56 Å². The van der Waals surface area contributed by atoms with Crippen LogP contribution in [0.4, 0.5) is 0 Å². The van der Waals surface area contributed by atoms with Crippen LogP contribution in [0.3, 0.4) is 0 Å². The second kappa shape index (κ2) is 7.48. The van der Waals surface area contributed by atoms with Crippen LogP contribution in [0, 0.1) is 6.92 Å². The molecule has 1 aromatic heterocycles. The quantitative estimate of drug-likeness (QED) is 0.831. The number of nitrogens with zero attached hydrogens (tertiary/aromatic N) is 1. The molecule has 1 amide bonds. The lowest BCUT2D eigenvalue weighted by Gasteiger charge is -2.14. The van der Waals surface area contributed by atoms with Gasteiger partial charge >= 0.3 is 5.97 Å². The topological polar surface area (TPSA) is 81.4 Å². The maximum Gasteiger partial charge on any atom is 0.377 e. The van der Waals surface area contributed by atoms with Gasteiger partial charge in [-0.2, -0.15) is 0 Å². The summed E-state index contributed by atoms with van der Waals surface area (Å²) in [6, 6.07) is 6.18.